The Morgan fingerprint density at radius 2 is 1.73 bits per heavy atom. The van der Waals surface area contributed by atoms with Crippen LogP contribution in [0.5, 0.6) is 0 Å². The van der Waals surface area contributed by atoms with E-state index in [1.165, 1.54) is 17.0 Å². The van der Waals surface area contributed by atoms with Crippen molar-refractivity contribution in [2.24, 2.45) is 0 Å². The summed E-state index contributed by atoms with van der Waals surface area (Å²) >= 11 is 0. The minimum atomic E-state index is -4.40. The van der Waals surface area contributed by atoms with Crippen molar-refractivity contribution in [1.82, 2.24) is 15.1 Å². The maximum absolute atomic E-state index is 12.6. The van der Waals surface area contributed by atoms with Gasteiger partial charge in [-0.2, -0.15) is 13.2 Å². The van der Waals surface area contributed by atoms with Crippen LogP contribution in [0.2, 0.25) is 0 Å². The van der Waals surface area contributed by atoms with Gasteiger partial charge in [-0.05, 0) is 38.2 Å². The van der Waals surface area contributed by atoms with E-state index in [1.54, 1.807) is 0 Å². The van der Waals surface area contributed by atoms with Crippen molar-refractivity contribution in [3.8, 4) is 0 Å². The number of amides is 2. The van der Waals surface area contributed by atoms with Gasteiger partial charge in [0, 0.05) is 32.6 Å². The minimum absolute atomic E-state index is 0.0448. The molecule has 26 heavy (non-hydrogen) atoms. The van der Waals surface area contributed by atoms with Crippen molar-refractivity contribution in [3.05, 3.63) is 35.4 Å². The number of hydrogen-bond donors (Lipinski definition) is 2. The molecule has 0 aliphatic heterocycles. The second-order valence-corrected chi connectivity index (χ2v) is 6.15. The van der Waals surface area contributed by atoms with E-state index in [-0.39, 0.29) is 25.5 Å². The lowest BCUT2D eigenvalue weighted by Gasteiger charge is -2.25. The summed E-state index contributed by atoms with van der Waals surface area (Å²) in [6, 6.07) is 4.30. The lowest BCUT2D eigenvalue weighted by molar-refractivity contribution is -0.138. The quantitative estimate of drug-likeness (QED) is 0.651. The number of likely N-dealkylation sites (N-methyl/N-ethyl adjacent to an activating group) is 1. The molecule has 0 spiro atoms. The van der Waals surface area contributed by atoms with Gasteiger partial charge in [0.2, 0.25) is 0 Å². The van der Waals surface area contributed by atoms with Crippen molar-refractivity contribution >= 4 is 12.0 Å². The molecule has 9 heteroatoms. The zero-order valence-corrected chi connectivity index (χ0v) is 14.8. The van der Waals surface area contributed by atoms with Gasteiger partial charge < -0.3 is 20.2 Å². The molecule has 1 rings (SSSR count). The fourth-order valence-electron chi connectivity index (χ4n) is 2.14. The van der Waals surface area contributed by atoms with E-state index in [0.29, 0.717) is 25.1 Å². The number of benzene rings is 1. The molecular weight excluding hydrogens is 351 g/mol. The summed E-state index contributed by atoms with van der Waals surface area (Å²) in [6.07, 6.45) is -4.13. The van der Waals surface area contributed by atoms with Crippen molar-refractivity contribution < 1.29 is 27.9 Å². The lowest BCUT2D eigenvalue weighted by Crippen LogP contribution is -2.43. The zero-order chi connectivity index (χ0) is 19.7. The first kappa shape index (κ1) is 21.8. The highest BCUT2D eigenvalue weighted by molar-refractivity contribution is 5.74. The summed E-state index contributed by atoms with van der Waals surface area (Å²) in [7, 11) is 3.70. The number of alkyl halides is 3. The molecule has 0 aliphatic rings. The molecule has 2 N–H and O–H groups in total. The number of carbonyl (C=O) groups is 2. The Balaban J connectivity index is 2.70. The number of nitrogens with one attached hydrogen (secondary N) is 1. The molecule has 0 aromatic heterocycles. The third-order valence-electron chi connectivity index (χ3n) is 3.60. The van der Waals surface area contributed by atoms with Crippen molar-refractivity contribution in [2.75, 3.05) is 33.7 Å². The molecule has 0 radical (unpaired) electrons. The number of carboxylic acid groups (broad SMARTS) is 1. The second kappa shape index (κ2) is 10.0. The molecule has 0 bridgehead atoms. The number of nitrogens with zero attached hydrogens (tertiary/aromatic N) is 2. The highest BCUT2D eigenvalue weighted by Gasteiger charge is 2.30. The molecule has 0 aliphatic carbocycles. The standard InChI is InChI=1S/C17H24F3N3O3/c1-22(2)10-11-23(16(26)21-9-3-4-15(24)25)12-13-5-7-14(8-6-13)17(18,19)20/h5-8H,3-4,9-12H2,1-2H3,(H,21,26)(H,24,25). The Morgan fingerprint density at radius 3 is 2.23 bits per heavy atom. The summed E-state index contributed by atoms with van der Waals surface area (Å²) in [5.74, 6) is -0.937. The molecule has 146 valence electrons. The van der Waals surface area contributed by atoms with Gasteiger partial charge in [0.1, 0.15) is 0 Å². The monoisotopic (exact) mass is 375 g/mol. The van der Waals surface area contributed by atoms with Crippen LogP contribution in [-0.2, 0) is 17.5 Å². The van der Waals surface area contributed by atoms with Crippen LogP contribution in [0.25, 0.3) is 0 Å². The van der Waals surface area contributed by atoms with Crippen LogP contribution < -0.4 is 5.32 Å². The molecule has 0 fully saturated rings. The Morgan fingerprint density at radius 1 is 1.12 bits per heavy atom. The Bertz CT molecular complexity index is 589. The van der Waals surface area contributed by atoms with Crippen molar-refractivity contribution in [1.29, 1.82) is 0 Å². The average molecular weight is 375 g/mol. The number of hydrogen-bond acceptors (Lipinski definition) is 3. The summed E-state index contributed by atoms with van der Waals surface area (Å²) in [4.78, 5) is 26.2. The highest BCUT2D eigenvalue weighted by Crippen LogP contribution is 2.29. The summed E-state index contributed by atoms with van der Waals surface area (Å²) < 4.78 is 37.9. The van der Waals surface area contributed by atoms with Gasteiger partial charge >= 0.3 is 18.2 Å². The van der Waals surface area contributed by atoms with Gasteiger partial charge in [-0.3, -0.25) is 4.79 Å². The number of aliphatic carboxylic acids is 1. The maximum atomic E-state index is 12.6. The van der Waals surface area contributed by atoms with E-state index in [2.05, 4.69) is 5.32 Å². The molecule has 0 atom stereocenters. The van der Waals surface area contributed by atoms with Crippen LogP contribution in [0.4, 0.5) is 18.0 Å². The van der Waals surface area contributed by atoms with Crippen molar-refractivity contribution in [3.63, 3.8) is 0 Å². The van der Waals surface area contributed by atoms with E-state index in [9.17, 15) is 22.8 Å². The van der Waals surface area contributed by atoms with Crippen LogP contribution in [0.15, 0.2) is 24.3 Å². The van der Waals surface area contributed by atoms with Crippen LogP contribution >= 0.6 is 0 Å². The Hall–Kier alpha value is -2.29. The molecule has 1 aromatic rings. The second-order valence-electron chi connectivity index (χ2n) is 6.15. The van der Waals surface area contributed by atoms with Gasteiger partial charge in [0.25, 0.3) is 0 Å². The Kier molecular flexibility index (Phi) is 8.37. The topological polar surface area (TPSA) is 72.9 Å². The van der Waals surface area contributed by atoms with E-state index in [0.717, 1.165) is 12.1 Å². The third-order valence-corrected chi connectivity index (χ3v) is 3.60. The van der Waals surface area contributed by atoms with Crippen LogP contribution in [-0.4, -0.2) is 60.6 Å². The van der Waals surface area contributed by atoms with Gasteiger partial charge in [0.05, 0.1) is 5.56 Å². The normalized spacial score (nSPS) is 11.5. The third kappa shape index (κ3) is 8.19. The first-order chi connectivity index (χ1) is 12.1. The number of halogens is 3. The summed E-state index contributed by atoms with van der Waals surface area (Å²) in [5.41, 5.74) is -0.156. The Labute approximate surface area is 150 Å². The number of urea groups is 1. The largest absolute Gasteiger partial charge is 0.481 e. The van der Waals surface area contributed by atoms with Gasteiger partial charge in [0.15, 0.2) is 0 Å². The van der Waals surface area contributed by atoms with E-state index in [1.807, 2.05) is 19.0 Å². The van der Waals surface area contributed by atoms with Gasteiger partial charge in [-0.1, -0.05) is 12.1 Å². The molecule has 0 saturated heterocycles. The number of carbonyl (C=O) groups excluding carboxylic acids is 1. The fourth-order valence-corrected chi connectivity index (χ4v) is 2.14. The fraction of sp³-hybridized carbons (Fsp3) is 0.529. The molecule has 0 saturated carbocycles. The predicted molar refractivity (Wildman–Crippen MR) is 90.7 cm³/mol. The van der Waals surface area contributed by atoms with Crippen LogP contribution in [0.3, 0.4) is 0 Å². The molecule has 2 amide bonds. The average Bonchev–Trinajstić information content (AvgIpc) is 2.54. The van der Waals surface area contributed by atoms with Crippen molar-refractivity contribution in [2.45, 2.75) is 25.6 Å². The smallest absolute Gasteiger partial charge is 0.416 e. The summed E-state index contributed by atoms with van der Waals surface area (Å²) in [6.45, 7) is 1.36. The van der Waals surface area contributed by atoms with E-state index < -0.39 is 17.7 Å². The molecule has 1 aromatic carbocycles. The minimum Gasteiger partial charge on any atom is -0.481 e. The highest BCUT2D eigenvalue weighted by atomic mass is 19.4. The van der Waals surface area contributed by atoms with Crippen LogP contribution in [0, 0.1) is 0 Å². The zero-order valence-electron chi connectivity index (χ0n) is 14.8. The maximum Gasteiger partial charge on any atom is 0.416 e. The SMILES string of the molecule is CN(C)CCN(Cc1ccc(C(F)(F)F)cc1)C(=O)NCCCC(=O)O. The molecule has 6 nitrogen and oxygen atoms in total. The molecule has 0 unspecified atom stereocenters. The first-order valence-corrected chi connectivity index (χ1v) is 8.15. The van der Waals surface area contributed by atoms with Gasteiger partial charge in [-0.25, -0.2) is 4.79 Å². The van der Waals surface area contributed by atoms with Gasteiger partial charge in [-0.15, -0.1) is 0 Å². The van der Waals surface area contributed by atoms with Crippen LogP contribution in [0.1, 0.15) is 24.0 Å². The first-order valence-electron chi connectivity index (χ1n) is 8.15. The lowest BCUT2D eigenvalue weighted by atomic mass is 10.1. The predicted octanol–water partition coefficient (Wildman–Crippen LogP) is 2.64. The number of carboxylic acids is 1. The van der Waals surface area contributed by atoms with E-state index in [4.69, 9.17) is 5.11 Å². The van der Waals surface area contributed by atoms with E-state index >= 15 is 0 Å². The summed E-state index contributed by atoms with van der Waals surface area (Å²) in [5, 5.41) is 11.2. The molecule has 0 heterocycles. The number of rotatable bonds is 9. The molecular formula is C17H24F3N3O3.